The van der Waals surface area contributed by atoms with E-state index >= 15 is 0 Å². The van der Waals surface area contributed by atoms with Gasteiger partial charge >= 0.3 is 6.03 Å². The summed E-state index contributed by atoms with van der Waals surface area (Å²) < 4.78 is 16.0. The highest BCUT2D eigenvalue weighted by molar-refractivity contribution is 6.32. The molecule has 0 aliphatic heterocycles. The molecule has 0 spiro atoms. The Morgan fingerprint density at radius 2 is 1.82 bits per heavy atom. The molecule has 0 aliphatic carbocycles. The van der Waals surface area contributed by atoms with Gasteiger partial charge in [-0.3, -0.25) is 4.79 Å². The van der Waals surface area contributed by atoms with Crippen molar-refractivity contribution in [1.82, 2.24) is 5.32 Å². The highest BCUT2D eigenvalue weighted by Gasteiger charge is 2.11. The summed E-state index contributed by atoms with van der Waals surface area (Å²) in [5.41, 5.74) is 1.85. The molecule has 0 unspecified atom stereocenters. The predicted molar refractivity (Wildman–Crippen MR) is 128 cm³/mol. The minimum absolute atomic E-state index is 0.283. The summed E-state index contributed by atoms with van der Waals surface area (Å²) in [4.78, 5) is 24.2. The highest BCUT2D eigenvalue weighted by Crippen LogP contribution is 2.36. The zero-order valence-corrected chi connectivity index (χ0v) is 18.9. The summed E-state index contributed by atoms with van der Waals surface area (Å²) in [6.07, 6.45) is 4.56. The van der Waals surface area contributed by atoms with Gasteiger partial charge < -0.3 is 29.8 Å². The fraction of sp³-hybridized carbons (Fsp3) is 0.167. The van der Waals surface area contributed by atoms with Crippen molar-refractivity contribution in [2.45, 2.75) is 13.5 Å². The molecule has 172 valence electrons. The van der Waals surface area contributed by atoms with Gasteiger partial charge in [0.25, 0.3) is 0 Å². The lowest BCUT2D eigenvalue weighted by Crippen LogP contribution is -2.27. The molecule has 0 saturated carbocycles. The summed E-state index contributed by atoms with van der Waals surface area (Å²) in [7, 11) is 1.51. The Morgan fingerprint density at radius 1 is 1.09 bits per heavy atom. The van der Waals surface area contributed by atoms with E-state index in [-0.39, 0.29) is 18.5 Å². The SMILES string of the molecule is CCOc1cc(/C=C/C(=O)Nc2ccc(NC(=O)NCc3ccco3)cc2)cc(Cl)c1OC. The van der Waals surface area contributed by atoms with Crippen molar-refractivity contribution < 1.29 is 23.5 Å². The van der Waals surface area contributed by atoms with E-state index in [1.54, 1.807) is 60.9 Å². The molecule has 0 atom stereocenters. The predicted octanol–water partition coefficient (Wildman–Crippen LogP) is 5.31. The third-order valence-electron chi connectivity index (χ3n) is 4.38. The molecule has 0 saturated heterocycles. The Hall–Kier alpha value is -3.91. The zero-order chi connectivity index (χ0) is 23.6. The van der Waals surface area contributed by atoms with Crippen molar-refractivity contribution in [1.29, 1.82) is 0 Å². The smallest absolute Gasteiger partial charge is 0.319 e. The van der Waals surface area contributed by atoms with Crippen molar-refractivity contribution in [3.63, 3.8) is 0 Å². The summed E-state index contributed by atoms with van der Waals surface area (Å²) >= 11 is 6.23. The Kier molecular flexibility index (Phi) is 8.37. The van der Waals surface area contributed by atoms with Crippen LogP contribution in [0.4, 0.5) is 16.2 Å². The molecule has 0 radical (unpaired) electrons. The molecule has 8 nitrogen and oxygen atoms in total. The number of hydrogen-bond acceptors (Lipinski definition) is 5. The third kappa shape index (κ3) is 7.05. The number of carbonyl (C=O) groups excluding carboxylic acids is 2. The van der Waals surface area contributed by atoms with Crippen molar-refractivity contribution in [2.75, 3.05) is 24.4 Å². The van der Waals surface area contributed by atoms with E-state index in [1.807, 2.05) is 6.92 Å². The lowest BCUT2D eigenvalue weighted by Gasteiger charge is -2.11. The standard InChI is InChI=1S/C24H24ClN3O5/c1-3-32-21-14-16(13-20(25)23(21)31-2)6-11-22(29)27-17-7-9-18(10-8-17)28-24(30)26-15-19-5-4-12-33-19/h4-14H,3,15H2,1-2H3,(H,27,29)(H2,26,28,30)/b11-6+. The van der Waals surface area contributed by atoms with Gasteiger partial charge in [-0.2, -0.15) is 0 Å². The van der Waals surface area contributed by atoms with Crippen LogP contribution in [0.1, 0.15) is 18.2 Å². The molecule has 1 aromatic heterocycles. The van der Waals surface area contributed by atoms with Crippen LogP contribution < -0.4 is 25.4 Å². The quantitative estimate of drug-likeness (QED) is 0.368. The monoisotopic (exact) mass is 469 g/mol. The van der Waals surface area contributed by atoms with Crippen LogP contribution in [-0.4, -0.2) is 25.7 Å². The van der Waals surface area contributed by atoms with Gasteiger partial charge in [0.1, 0.15) is 5.76 Å². The fourth-order valence-electron chi connectivity index (χ4n) is 2.89. The van der Waals surface area contributed by atoms with E-state index < -0.39 is 0 Å². The molecule has 9 heteroatoms. The number of ether oxygens (including phenoxy) is 2. The number of urea groups is 1. The fourth-order valence-corrected chi connectivity index (χ4v) is 3.19. The van der Waals surface area contributed by atoms with Gasteiger partial charge in [-0.25, -0.2) is 4.79 Å². The van der Waals surface area contributed by atoms with Crippen LogP contribution in [0.2, 0.25) is 5.02 Å². The van der Waals surface area contributed by atoms with Crippen molar-refractivity contribution in [2.24, 2.45) is 0 Å². The highest BCUT2D eigenvalue weighted by atomic mass is 35.5. The van der Waals surface area contributed by atoms with Crippen LogP contribution in [0.25, 0.3) is 6.08 Å². The molecule has 33 heavy (non-hydrogen) atoms. The van der Waals surface area contributed by atoms with Crippen LogP contribution in [0.15, 0.2) is 65.3 Å². The van der Waals surface area contributed by atoms with Crippen LogP contribution in [0, 0.1) is 0 Å². The maximum Gasteiger partial charge on any atom is 0.319 e. The average Bonchev–Trinajstić information content (AvgIpc) is 3.32. The lowest BCUT2D eigenvalue weighted by molar-refractivity contribution is -0.111. The van der Waals surface area contributed by atoms with E-state index in [1.165, 1.54) is 13.2 Å². The summed E-state index contributed by atoms with van der Waals surface area (Å²) in [6, 6.07) is 13.3. The molecule has 3 aromatic rings. The van der Waals surface area contributed by atoms with Gasteiger partial charge in [0.2, 0.25) is 5.91 Å². The maximum absolute atomic E-state index is 12.3. The van der Waals surface area contributed by atoms with E-state index in [4.69, 9.17) is 25.5 Å². The largest absolute Gasteiger partial charge is 0.491 e. The van der Waals surface area contributed by atoms with E-state index in [0.717, 1.165) is 0 Å². The minimum atomic E-state index is -0.365. The van der Waals surface area contributed by atoms with Crippen LogP contribution in [-0.2, 0) is 11.3 Å². The van der Waals surface area contributed by atoms with Gasteiger partial charge in [-0.1, -0.05) is 11.6 Å². The van der Waals surface area contributed by atoms with Gasteiger partial charge in [0, 0.05) is 17.5 Å². The Bertz CT molecular complexity index is 1110. The third-order valence-corrected chi connectivity index (χ3v) is 4.66. The number of rotatable bonds is 9. The second-order valence-electron chi connectivity index (χ2n) is 6.75. The Morgan fingerprint density at radius 3 is 2.45 bits per heavy atom. The number of furan rings is 1. The Balaban J connectivity index is 1.54. The first-order valence-corrected chi connectivity index (χ1v) is 10.5. The number of hydrogen-bond donors (Lipinski definition) is 3. The number of carbonyl (C=O) groups is 2. The lowest BCUT2D eigenvalue weighted by atomic mass is 10.2. The van der Waals surface area contributed by atoms with E-state index in [9.17, 15) is 9.59 Å². The Labute approximate surface area is 196 Å². The number of amides is 3. The molecule has 0 fully saturated rings. The number of methoxy groups -OCH3 is 1. The molecule has 3 rings (SSSR count). The van der Waals surface area contributed by atoms with Crippen LogP contribution in [0.5, 0.6) is 11.5 Å². The molecule has 3 N–H and O–H groups in total. The van der Waals surface area contributed by atoms with E-state index in [0.29, 0.717) is 45.8 Å². The molecule has 3 amide bonds. The normalized spacial score (nSPS) is 10.6. The molecule has 0 bridgehead atoms. The van der Waals surface area contributed by atoms with Gasteiger partial charge in [-0.05, 0) is 67.1 Å². The van der Waals surface area contributed by atoms with Gasteiger partial charge in [-0.15, -0.1) is 0 Å². The zero-order valence-electron chi connectivity index (χ0n) is 18.2. The number of nitrogens with one attached hydrogen (secondary N) is 3. The first kappa shape index (κ1) is 23.7. The molecule has 1 heterocycles. The van der Waals surface area contributed by atoms with Gasteiger partial charge in [0.05, 0.1) is 31.5 Å². The second kappa shape index (κ2) is 11.6. The molecular formula is C24H24ClN3O5. The molecule has 2 aromatic carbocycles. The van der Waals surface area contributed by atoms with Crippen molar-refractivity contribution >= 4 is 41.0 Å². The van der Waals surface area contributed by atoms with Crippen LogP contribution in [0.3, 0.4) is 0 Å². The number of halogens is 1. The minimum Gasteiger partial charge on any atom is -0.491 e. The summed E-state index contributed by atoms with van der Waals surface area (Å²) in [5.74, 6) is 1.28. The van der Waals surface area contributed by atoms with Crippen molar-refractivity contribution in [3.8, 4) is 11.5 Å². The molecule has 0 aliphatic rings. The van der Waals surface area contributed by atoms with E-state index in [2.05, 4.69) is 16.0 Å². The topological polar surface area (TPSA) is 102 Å². The first-order valence-electron chi connectivity index (χ1n) is 10.1. The average molecular weight is 470 g/mol. The molecular weight excluding hydrogens is 446 g/mol. The number of benzene rings is 2. The maximum atomic E-state index is 12.3. The summed E-state index contributed by atoms with van der Waals surface area (Å²) in [6.45, 7) is 2.60. The first-order chi connectivity index (χ1) is 16.0. The van der Waals surface area contributed by atoms with Crippen molar-refractivity contribution in [3.05, 3.63) is 77.2 Å². The second-order valence-corrected chi connectivity index (χ2v) is 7.16. The summed E-state index contributed by atoms with van der Waals surface area (Å²) in [5, 5.41) is 8.54. The number of anilines is 2. The van der Waals surface area contributed by atoms with Gasteiger partial charge in [0.15, 0.2) is 11.5 Å². The van der Waals surface area contributed by atoms with Crippen LogP contribution >= 0.6 is 11.6 Å².